The van der Waals surface area contributed by atoms with Gasteiger partial charge in [0.1, 0.15) is 12.2 Å². The van der Waals surface area contributed by atoms with Crippen LogP contribution in [0.2, 0.25) is 0 Å². The van der Waals surface area contributed by atoms with Crippen LogP contribution in [0.4, 0.5) is 8.78 Å². The van der Waals surface area contributed by atoms with Crippen LogP contribution in [0.1, 0.15) is 31.3 Å². The summed E-state index contributed by atoms with van der Waals surface area (Å²) in [6.07, 6.45) is 1.64. The van der Waals surface area contributed by atoms with Crippen molar-refractivity contribution in [1.82, 2.24) is 20.1 Å². The zero-order valence-corrected chi connectivity index (χ0v) is 10.9. The van der Waals surface area contributed by atoms with E-state index in [2.05, 4.69) is 15.5 Å². The lowest BCUT2D eigenvalue weighted by Crippen LogP contribution is -2.21. The fraction of sp³-hybridized carbons (Fsp3) is 0.385. The highest BCUT2D eigenvalue weighted by molar-refractivity contribution is 5.22. The number of aryl methyl sites for hydroxylation is 1. The van der Waals surface area contributed by atoms with Crippen molar-refractivity contribution < 1.29 is 8.78 Å². The molecule has 1 aromatic heterocycles. The average Bonchev–Trinajstić information content (AvgIpc) is 2.86. The third kappa shape index (κ3) is 2.96. The minimum absolute atomic E-state index is 0.308. The van der Waals surface area contributed by atoms with Gasteiger partial charge in [0.15, 0.2) is 11.6 Å². The fourth-order valence-corrected chi connectivity index (χ4v) is 1.89. The summed E-state index contributed by atoms with van der Waals surface area (Å²) in [5, 5.41) is 10.9. The third-order valence-corrected chi connectivity index (χ3v) is 3.05. The Morgan fingerprint density at radius 3 is 2.89 bits per heavy atom. The molecule has 0 fully saturated rings. The average molecular weight is 266 g/mol. The summed E-state index contributed by atoms with van der Waals surface area (Å²) in [6.45, 7) is 4.99. The third-order valence-electron chi connectivity index (χ3n) is 3.05. The van der Waals surface area contributed by atoms with Gasteiger partial charge in [0, 0.05) is 18.2 Å². The van der Waals surface area contributed by atoms with E-state index in [0.717, 1.165) is 18.4 Å². The normalized spacial score (nSPS) is 12.6. The van der Waals surface area contributed by atoms with E-state index < -0.39 is 11.6 Å². The van der Waals surface area contributed by atoms with Gasteiger partial charge in [-0.1, -0.05) is 12.1 Å². The number of aromatic nitrogens is 3. The Balaban J connectivity index is 2.05. The Labute approximate surface area is 110 Å². The van der Waals surface area contributed by atoms with E-state index in [1.165, 1.54) is 6.07 Å². The molecule has 0 amide bonds. The fourth-order valence-electron chi connectivity index (χ4n) is 1.89. The first-order valence-electron chi connectivity index (χ1n) is 6.17. The number of benzene rings is 1. The maximum atomic E-state index is 13.6. The minimum Gasteiger partial charge on any atom is -0.317 e. The Morgan fingerprint density at radius 1 is 1.37 bits per heavy atom. The van der Waals surface area contributed by atoms with Crippen molar-refractivity contribution in [2.24, 2.45) is 0 Å². The molecule has 2 rings (SSSR count). The summed E-state index contributed by atoms with van der Waals surface area (Å²) in [5.41, 5.74) is 0.308. The van der Waals surface area contributed by atoms with Crippen LogP contribution in [-0.4, -0.2) is 14.8 Å². The first-order chi connectivity index (χ1) is 9.13. The molecule has 6 heteroatoms. The molecule has 4 nitrogen and oxygen atoms in total. The monoisotopic (exact) mass is 266 g/mol. The lowest BCUT2D eigenvalue weighted by molar-refractivity contribution is 0.467. The number of hydrogen-bond acceptors (Lipinski definition) is 3. The summed E-state index contributed by atoms with van der Waals surface area (Å²) in [5.74, 6) is -0.867. The smallest absolute Gasteiger partial charge is 0.163 e. The number of nitrogens with zero attached hydrogens (tertiary/aromatic N) is 3. The topological polar surface area (TPSA) is 42.7 Å². The van der Waals surface area contributed by atoms with Gasteiger partial charge in [-0.2, -0.15) is 0 Å². The van der Waals surface area contributed by atoms with Crippen molar-refractivity contribution in [2.75, 3.05) is 0 Å². The van der Waals surface area contributed by atoms with Gasteiger partial charge in [-0.15, -0.1) is 10.2 Å². The number of hydrogen-bond donors (Lipinski definition) is 1. The summed E-state index contributed by atoms with van der Waals surface area (Å²) in [4.78, 5) is 0. The van der Waals surface area contributed by atoms with Crippen LogP contribution < -0.4 is 5.32 Å². The number of rotatable bonds is 5. The molecule has 0 saturated heterocycles. The molecule has 2 aromatic rings. The van der Waals surface area contributed by atoms with Gasteiger partial charge in [-0.05, 0) is 19.9 Å². The molecule has 0 aliphatic heterocycles. The lowest BCUT2D eigenvalue weighted by Gasteiger charge is -2.15. The zero-order chi connectivity index (χ0) is 13.8. The molecule has 1 aromatic carbocycles. The van der Waals surface area contributed by atoms with Crippen molar-refractivity contribution in [3.05, 3.63) is 47.5 Å². The molecule has 0 radical (unpaired) electrons. The van der Waals surface area contributed by atoms with Crippen molar-refractivity contribution in [1.29, 1.82) is 0 Å². The van der Waals surface area contributed by atoms with Gasteiger partial charge in [0.05, 0.1) is 6.54 Å². The Kier molecular flexibility index (Phi) is 4.21. The molecule has 0 aliphatic rings. The molecule has 1 N–H and O–H groups in total. The lowest BCUT2D eigenvalue weighted by atomic mass is 10.1. The molecule has 0 saturated carbocycles. The van der Waals surface area contributed by atoms with Gasteiger partial charge in [0.25, 0.3) is 0 Å². The van der Waals surface area contributed by atoms with Crippen LogP contribution >= 0.6 is 0 Å². The van der Waals surface area contributed by atoms with E-state index in [4.69, 9.17) is 0 Å². The van der Waals surface area contributed by atoms with Crippen LogP contribution in [0.25, 0.3) is 0 Å². The van der Waals surface area contributed by atoms with Gasteiger partial charge in [-0.25, -0.2) is 8.78 Å². The van der Waals surface area contributed by atoms with Gasteiger partial charge in [0.2, 0.25) is 0 Å². The standard InChI is InChI=1S/C13H16F2N4/c1-3-19-8-17-18-12(19)7-16-9(2)10-5-4-6-11(14)13(10)15/h4-6,8-9,16H,3,7H2,1-2H3. The highest BCUT2D eigenvalue weighted by atomic mass is 19.2. The molecule has 1 heterocycles. The van der Waals surface area contributed by atoms with Crippen LogP contribution in [0.15, 0.2) is 24.5 Å². The molecule has 1 unspecified atom stereocenters. The van der Waals surface area contributed by atoms with E-state index >= 15 is 0 Å². The molecule has 1 atom stereocenters. The SMILES string of the molecule is CCn1cnnc1CNC(C)c1cccc(F)c1F. The Morgan fingerprint density at radius 2 is 2.16 bits per heavy atom. The van der Waals surface area contributed by atoms with Crippen molar-refractivity contribution >= 4 is 0 Å². The zero-order valence-electron chi connectivity index (χ0n) is 10.9. The number of halogens is 2. The summed E-state index contributed by atoms with van der Waals surface area (Å²) < 4.78 is 28.6. The van der Waals surface area contributed by atoms with Crippen molar-refractivity contribution in [2.45, 2.75) is 33.0 Å². The largest absolute Gasteiger partial charge is 0.317 e. The van der Waals surface area contributed by atoms with E-state index in [-0.39, 0.29) is 6.04 Å². The Hall–Kier alpha value is -1.82. The first-order valence-corrected chi connectivity index (χ1v) is 6.17. The maximum Gasteiger partial charge on any atom is 0.163 e. The quantitative estimate of drug-likeness (QED) is 0.903. The van der Waals surface area contributed by atoms with Gasteiger partial charge < -0.3 is 9.88 Å². The van der Waals surface area contributed by atoms with E-state index in [9.17, 15) is 8.78 Å². The second kappa shape index (κ2) is 5.88. The van der Waals surface area contributed by atoms with Crippen LogP contribution in [0, 0.1) is 11.6 Å². The van der Waals surface area contributed by atoms with E-state index in [1.54, 1.807) is 19.3 Å². The second-order valence-electron chi connectivity index (χ2n) is 4.28. The predicted octanol–water partition coefficient (Wildman–Crippen LogP) is 2.43. The van der Waals surface area contributed by atoms with E-state index in [1.807, 2.05) is 11.5 Å². The minimum atomic E-state index is -0.831. The van der Waals surface area contributed by atoms with Crippen LogP contribution in [0.5, 0.6) is 0 Å². The predicted molar refractivity (Wildman–Crippen MR) is 67.3 cm³/mol. The van der Waals surface area contributed by atoms with E-state index in [0.29, 0.717) is 12.1 Å². The highest BCUT2D eigenvalue weighted by Crippen LogP contribution is 2.19. The van der Waals surface area contributed by atoms with Crippen LogP contribution in [-0.2, 0) is 13.1 Å². The van der Waals surface area contributed by atoms with Crippen molar-refractivity contribution in [3.8, 4) is 0 Å². The molecular formula is C13H16F2N4. The van der Waals surface area contributed by atoms with Gasteiger partial charge >= 0.3 is 0 Å². The molecule has 0 bridgehead atoms. The Bertz CT molecular complexity index is 553. The molecule has 0 aliphatic carbocycles. The summed E-state index contributed by atoms with van der Waals surface area (Å²) in [7, 11) is 0. The van der Waals surface area contributed by atoms with Gasteiger partial charge in [-0.3, -0.25) is 0 Å². The second-order valence-corrected chi connectivity index (χ2v) is 4.28. The molecule has 0 spiro atoms. The number of nitrogens with one attached hydrogen (secondary N) is 1. The van der Waals surface area contributed by atoms with Crippen molar-refractivity contribution in [3.63, 3.8) is 0 Å². The molecule has 19 heavy (non-hydrogen) atoms. The first kappa shape index (κ1) is 13.6. The summed E-state index contributed by atoms with van der Waals surface area (Å²) >= 11 is 0. The molecular weight excluding hydrogens is 250 g/mol. The molecule has 102 valence electrons. The maximum absolute atomic E-state index is 13.6. The summed E-state index contributed by atoms with van der Waals surface area (Å²) in [6, 6.07) is 3.87. The van der Waals surface area contributed by atoms with Crippen LogP contribution in [0.3, 0.4) is 0 Å². The highest BCUT2D eigenvalue weighted by Gasteiger charge is 2.14.